The number of nitrogens with one attached hydrogen (secondary N) is 2. The highest BCUT2D eigenvalue weighted by molar-refractivity contribution is 6.04. The van der Waals surface area contributed by atoms with Crippen LogP contribution in [0.4, 0.5) is 28.9 Å². The SMILES string of the molecule is COc1cccc(CCC(=O)Nc2ccc(NC(=O)c3ccc(F)cc3)cc2C(F)(F)F)c1OC. The number of carbonyl (C=O) groups excluding carboxylic acids is 2. The fraction of sp³-hybridized carbons (Fsp3) is 0.200. The maximum Gasteiger partial charge on any atom is 0.418 e. The van der Waals surface area contributed by atoms with Gasteiger partial charge >= 0.3 is 6.18 Å². The van der Waals surface area contributed by atoms with Crippen LogP contribution in [0.3, 0.4) is 0 Å². The molecular weight excluding hydrogens is 468 g/mol. The van der Waals surface area contributed by atoms with Crippen molar-refractivity contribution in [2.45, 2.75) is 19.0 Å². The third-order valence-corrected chi connectivity index (χ3v) is 5.07. The fourth-order valence-corrected chi connectivity index (χ4v) is 3.38. The van der Waals surface area contributed by atoms with Gasteiger partial charge in [0.15, 0.2) is 11.5 Å². The first-order chi connectivity index (χ1) is 16.6. The lowest BCUT2D eigenvalue weighted by molar-refractivity contribution is -0.136. The summed E-state index contributed by atoms with van der Waals surface area (Å²) in [6.07, 6.45) is -4.70. The van der Waals surface area contributed by atoms with Crippen molar-refractivity contribution < 1.29 is 36.6 Å². The Morgan fingerprint density at radius 2 is 1.63 bits per heavy atom. The predicted molar refractivity (Wildman–Crippen MR) is 122 cm³/mol. The summed E-state index contributed by atoms with van der Waals surface area (Å²) in [5, 5.41) is 4.63. The molecule has 35 heavy (non-hydrogen) atoms. The highest BCUT2D eigenvalue weighted by atomic mass is 19.4. The van der Waals surface area contributed by atoms with E-state index in [0.717, 1.165) is 24.3 Å². The first kappa shape index (κ1) is 25.5. The van der Waals surface area contributed by atoms with Gasteiger partial charge in [-0.25, -0.2) is 4.39 Å². The Morgan fingerprint density at radius 1 is 0.914 bits per heavy atom. The van der Waals surface area contributed by atoms with Crippen molar-refractivity contribution in [2.75, 3.05) is 24.9 Å². The van der Waals surface area contributed by atoms with Gasteiger partial charge in [-0.05, 0) is 60.5 Å². The molecule has 0 aliphatic rings. The summed E-state index contributed by atoms with van der Waals surface area (Å²) in [4.78, 5) is 24.7. The topological polar surface area (TPSA) is 76.7 Å². The molecule has 184 valence electrons. The lowest BCUT2D eigenvalue weighted by Crippen LogP contribution is -2.18. The summed E-state index contributed by atoms with van der Waals surface area (Å²) in [5.41, 5.74) is -0.963. The van der Waals surface area contributed by atoms with E-state index in [2.05, 4.69) is 10.6 Å². The zero-order valence-electron chi connectivity index (χ0n) is 18.8. The molecule has 3 rings (SSSR count). The zero-order chi connectivity index (χ0) is 25.6. The number of para-hydroxylation sites is 1. The number of methoxy groups -OCH3 is 2. The van der Waals surface area contributed by atoms with Gasteiger partial charge in [0, 0.05) is 17.7 Å². The quantitative estimate of drug-likeness (QED) is 0.398. The van der Waals surface area contributed by atoms with Gasteiger partial charge in [-0.2, -0.15) is 13.2 Å². The first-order valence-corrected chi connectivity index (χ1v) is 10.4. The number of alkyl halides is 3. The Kier molecular flexibility index (Phi) is 7.95. The van der Waals surface area contributed by atoms with E-state index in [4.69, 9.17) is 9.47 Å². The molecule has 0 saturated heterocycles. The molecule has 0 saturated carbocycles. The zero-order valence-corrected chi connectivity index (χ0v) is 18.8. The highest BCUT2D eigenvalue weighted by Gasteiger charge is 2.34. The van der Waals surface area contributed by atoms with Crippen molar-refractivity contribution >= 4 is 23.2 Å². The van der Waals surface area contributed by atoms with E-state index < -0.39 is 35.1 Å². The van der Waals surface area contributed by atoms with Crippen LogP contribution >= 0.6 is 0 Å². The molecule has 0 spiro atoms. The molecule has 0 aliphatic heterocycles. The van der Waals surface area contributed by atoms with E-state index in [9.17, 15) is 27.2 Å². The van der Waals surface area contributed by atoms with Crippen molar-refractivity contribution in [3.63, 3.8) is 0 Å². The van der Waals surface area contributed by atoms with Gasteiger partial charge in [0.1, 0.15) is 5.82 Å². The molecule has 2 amide bonds. The molecule has 3 aromatic rings. The van der Waals surface area contributed by atoms with Gasteiger partial charge < -0.3 is 20.1 Å². The van der Waals surface area contributed by atoms with Crippen LogP contribution in [0.15, 0.2) is 60.7 Å². The van der Waals surface area contributed by atoms with E-state index in [-0.39, 0.29) is 24.1 Å². The van der Waals surface area contributed by atoms with Crippen molar-refractivity contribution in [3.8, 4) is 11.5 Å². The number of rotatable bonds is 8. The average molecular weight is 490 g/mol. The van der Waals surface area contributed by atoms with Crippen LogP contribution < -0.4 is 20.1 Å². The molecule has 0 fully saturated rings. The van der Waals surface area contributed by atoms with Gasteiger partial charge in [0.05, 0.1) is 25.5 Å². The minimum absolute atomic E-state index is 0.0744. The highest BCUT2D eigenvalue weighted by Crippen LogP contribution is 2.37. The van der Waals surface area contributed by atoms with Crippen LogP contribution in [0.1, 0.15) is 27.9 Å². The smallest absolute Gasteiger partial charge is 0.418 e. The summed E-state index contributed by atoms with van der Waals surface area (Å²) in [7, 11) is 2.92. The maximum atomic E-state index is 13.7. The van der Waals surface area contributed by atoms with Crippen molar-refractivity contribution in [1.82, 2.24) is 0 Å². The number of carbonyl (C=O) groups is 2. The summed E-state index contributed by atoms with van der Waals surface area (Å²) in [6, 6.07) is 12.7. The Balaban J connectivity index is 1.74. The third kappa shape index (κ3) is 6.50. The molecule has 0 aromatic heterocycles. The molecule has 10 heteroatoms. The number of ether oxygens (including phenoxy) is 2. The van der Waals surface area contributed by atoms with E-state index in [1.54, 1.807) is 18.2 Å². The fourth-order valence-electron chi connectivity index (χ4n) is 3.38. The molecule has 0 heterocycles. The molecule has 0 bridgehead atoms. The van der Waals surface area contributed by atoms with E-state index in [0.29, 0.717) is 17.1 Å². The number of hydrogen-bond donors (Lipinski definition) is 2. The second-order valence-corrected chi connectivity index (χ2v) is 7.42. The molecule has 6 nitrogen and oxygen atoms in total. The van der Waals surface area contributed by atoms with Gasteiger partial charge in [-0.15, -0.1) is 0 Å². The lowest BCUT2D eigenvalue weighted by Gasteiger charge is -2.16. The molecule has 0 unspecified atom stereocenters. The number of hydrogen-bond acceptors (Lipinski definition) is 4. The minimum Gasteiger partial charge on any atom is -0.493 e. The lowest BCUT2D eigenvalue weighted by atomic mass is 10.1. The number of benzene rings is 3. The average Bonchev–Trinajstić information content (AvgIpc) is 2.83. The summed E-state index contributed by atoms with van der Waals surface area (Å²) in [5.74, 6) is -0.973. The molecule has 0 radical (unpaired) electrons. The minimum atomic E-state index is -4.80. The Bertz CT molecular complexity index is 1210. The summed E-state index contributed by atoms with van der Waals surface area (Å²) >= 11 is 0. The van der Waals surface area contributed by atoms with Crippen molar-refractivity contribution in [1.29, 1.82) is 0 Å². The predicted octanol–water partition coefficient (Wildman–Crippen LogP) is 5.69. The van der Waals surface area contributed by atoms with Crippen LogP contribution in [0.25, 0.3) is 0 Å². The van der Waals surface area contributed by atoms with Crippen LogP contribution in [0, 0.1) is 5.82 Å². The third-order valence-electron chi connectivity index (χ3n) is 5.07. The van der Waals surface area contributed by atoms with Crippen LogP contribution in [-0.4, -0.2) is 26.0 Å². The van der Waals surface area contributed by atoms with Gasteiger partial charge in [0.2, 0.25) is 5.91 Å². The standard InChI is InChI=1S/C25H22F4N2O4/c1-34-21-5-3-4-15(23(21)35-2)8-13-22(32)31-20-12-11-18(14-19(20)25(27,28)29)30-24(33)16-6-9-17(26)10-7-16/h3-7,9-12,14H,8,13H2,1-2H3,(H,30,33)(H,31,32). The Hall–Kier alpha value is -4.08. The normalized spacial score (nSPS) is 11.0. The van der Waals surface area contributed by atoms with Gasteiger partial charge in [-0.3, -0.25) is 9.59 Å². The van der Waals surface area contributed by atoms with E-state index in [1.165, 1.54) is 32.4 Å². The van der Waals surface area contributed by atoms with E-state index in [1.807, 2.05) is 0 Å². The molecular formula is C25H22F4N2O4. The second kappa shape index (κ2) is 10.9. The Labute approximate surface area is 198 Å². The molecule has 0 atom stereocenters. The van der Waals surface area contributed by atoms with E-state index >= 15 is 0 Å². The second-order valence-electron chi connectivity index (χ2n) is 7.42. The molecule has 2 N–H and O–H groups in total. The number of anilines is 2. The first-order valence-electron chi connectivity index (χ1n) is 10.4. The van der Waals surface area contributed by atoms with Crippen LogP contribution in [-0.2, 0) is 17.4 Å². The van der Waals surface area contributed by atoms with Crippen LogP contribution in [0.5, 0.6) is 11.5 Å². The maximum absolute atomic E-state index is 13.7. The molecule has 0 aliphatic carbocycles. The monoisotopic (exact) mass is 490 g/mol. The van der Waals surface area contributed by atoms with Crippen molar-refractivity contribution in [3.05, 3.63) is 83.2 Å². The Morgan fingerprint density at radius 3 is 2.26 bits per heavy atom. The molecule has 3 aromatic carbocycles. The van der Waals surface area contributed by atoms with Gasteiger partial charge in [-0.1, -0.05) is 12.1 Å². The number of aryl methyl sites for hydroxylation is 1. The van der Waals surface area contributed by atoms with Crippen LogP contribution in [0.2, 0.25) is 0 Å². The number of amides is 2. The number of halogens is 4. The summed E-state index contributed by atoms with van der Waals surface area (Å²) < 4.78 is 64.6. The largest absolute Gasteiger partial charge is 0.493 e. The summed E-state index contributed by atoms with van der Waals surface area (Å²) in [6.45, 7) is 0. The van der Waals surface area contributed by atoms with Gasteiger partial charge in [0.25, 0.3) is 5.91 Å². The van der Waals surface area contributed by atoms with Crippen molar-refractivity contribution in [2.24, 2.45) is 0 Å².